The molecule has 0 aliphatic heterocycles. The van der Waals surface area contributed by atoms with E-state index in [1.807, 2.05) is 12.1 Å². The molecule has 1 heteroatoms. The first-order valence-electron chi connectivity index (χ1n) is 5.38. The Morgan fingerprint density at radius 3 is 2.36 bits per heavy atom. The maximum Gasteiger partial charge on any atom is 0.0314 e. The SMILES string of the molecule is Nc1ccc(/C=C/C2CCCC2)cc1. The van der Waals surface area contributed by atoms with E-state index >= 15 is 0 Å². The minimum atomic E-state index is 0.813. The van der Waals surface area contributed by atoms with Crippen molar-refractivity contribution in [2.45, 2.75) is 25.7 Å². The normalized spacial score (nSPS) is 18.0. The summed E-state index contributed by atoms with van der Waals surface area (Å²) in [5.74, 6) is 0.813. The van der Waals surface area contributed by atoms with Gasteiger partial charge in [-0.05, 0) is 36.5 Å². The van der Waals surface area contributed by atoms with Crippen LogP contribution in [-0.2, 0) is 0 Å². The van der Waals surface area contributed by atoms with Gasteiger partial charge >= 0.3 is 0 Å². The number of allylic oxidation sites excluding steroid dienone is 1. The Morgan fingerprint density at radius 1 is 1.07 bits per heavy atom. The van der Waals surface area contributed by atoms with Crippen LogP contribution in [0.2, 0.25) is 0 Å². The van der Waals surface area contributed by atoms with Gasteiger partial charge in [-0.3, -0.25) is 0 Å². The number of rotatable bonds is 2. The van der Waals surface area contributed by atoms with Crippen molar-refractivity contribution in [3.8, 4) is 0 Å². The maximum atomic E-state index is 5.62. The highest BCUT2D eigenvalue weighted by atomic mass is 14.5. The molecule has 14 heavy (non-hydrogen) atoms. The van der Waals surface area contributed by atoms with E-state index in [9.17, 15) is 0 Å². The highest BCUT2D eigenvalue weighted by Gasteiger charge is 2.10. The summed E-state index contributed by atoms with van der Waals surface area (Å²) in [7, 11) is 0. The Morgan fingerprint density at radius 2 is 1.71 bits per heavy atom. The molecule has 1 nitrogen and oxygen atoms in total. The van der Waals surface area contributed by atoms with Gasteiger partial charge < -0.3 is 5.73 Å². The summed E-state index contributed by atoms with van der Waals surface area (Å²) in [6.07, 6.45) is 10.1. The standard InChI is InChI=1S/C13H17N/c14-13-9-7-12(8-10-13)6-5-11-3-1-2-4-11/h5-11H,1-4,14H2/b6-5+. The van der Waals surface area contributed by atoms with Gasteiger partial charge in [-0.1, -0.05) is 37.1 Å². The molecule has 0 radical (unpaired) electrons. The topological polar surface area (TPSA) is 26.0 Å². The number of benzene rings is 1. The first-order valence-corrected chi connectivity index (χ1v) is 5.38. The number of nitrogens with two attached hydrogens (primary N) is 1. The van der Waals surface area contributed by atoms with E-state index in [1.54, 1.807) is 0 Å². The quantitative estimate of drug-likeness (QED) is 0.705. The lowest BCUT2D eigenvalue weighted by molar-refractivity contribution is 0.689. The summed E-state index contributed by atoms with van der Waals surface area (Å²) in [4.78, 5) is 0. The lowest BCUT2D eigenvalue weighted by Crippen LogP contribution is -1.86. The third-order valence-electron chi connectivity index (χ3n) is 2.90. The van der Waals surface area contributed by atoms with E-state index in [-0.39, 0.29) is 0 Å². The summed E-state index contributed by atoms with van der Waals surface area (Å²) >= 11 is 0. The predicted octanol–water partition coefficient (Wildman–Crippen LogP) is 3.47. The Kier molecular flexibility index (Phi) is 2.87. The van der Waals surface area contributed by atoms with Crippen LogP contribution in [0.15, 0.2) is 30.3 Å². The zero-order chi connectivity index (χ0) is 9.80. The summed E-state index contributed by atoms with van der Waals surface area (Å²) in [5, 5.41) is 0. The van der Waals surface area contributed by atoms with Gasteiger partial charge in [-0.2, -0.15) is 0 Å². The van der Waals surface area contributed by atoms with E-state index in [1.165, 1.54) is 31.2 Å². The fourth-order valence-corrected chi connectivity index (χ4v) is 2.00. The average molecular weight is 187 g/mol. The first-order chi connectivity index (χ1) is 6.84. The zero-order valence-electron chi connectivity index (χ0n) is 8.45. The largest absolute Gasteiger partial charge is 0.399 e. The van der Waals surface area contributed by atoms with Crippen molar-refractivity contribution in [3.05, 3.63) is 35.9 Å². The van der Waals surface area contributed by atoms with Crippen LogP contribution >= 0.6 is 0 Å². The molecule has 1 fully saturated rings. The smallest absolute Gasteiger partial charge is 0.0314 e. The Labute approximate surface area is 85.6 Å². The predicted molar refractivity (Wildman–Crippen MR) is 61.8 cm³/mol. The summed E-state index contributed by atoms with van der Waals surface area (Å²) in [6.45, 7) is 0. The van der Waals surface area contributed by atoms with Gasteiger partial charge in [0.1, 0.15) is 0 Å². The lowest BCUT2D eigenvalue weighted by Gasteiger charge is -2.00. The van der Waals surface area contributed by atoms with Crippen LogP contribution in [0, 0.1) is 5.92 Å². The lowest BCUT2D eigenvalue weighted by atomic mass is 10.1. The van der Waals surface area contributed by atoms with E-state index in [0.717, 1.165) is 11.6 Å². The average Bonchev–Trinajstić information content (AvgIpc) is 2.70. The van der Waals surface area contributed by atoms with Crippen molar-refractivity contribution in [1.29, 1.82) is 0 Å². The van der Waals surface area contributed by atoms with Gasteiger partial charge in [0.05, 0.1) is 0 Å². The summed E-state index contributed by atoms with van der Waals surface area (Å²) in [5.41, 5.74) is 7.71. The first kappa shape index (κ1) is 9.32. The second-order valence-electron chi connectivity index (χ2n) is 4.07. The third-order valence-corrected chi connectivity index (χ3v) is 2.90. The van der Waals surface area contributed by atoms with Crippen LogP contribution in [0.3, 0.4) is 0 Å². The van der Waals surface area contributed by atoms with Gasteiger partial charge in [0, 0.05) is 5.69 Å². The highest BCUT2D eigenvalue weighted by Crippen LogP contribution is 2.26. The molecular formula is C13H17N. The van der Waals surface area contributed by atoms with Crippen molar-refractivity contribution in [3.63, 3.8) is 0 Å². The Bertz CT molecular complexity index is 305. The molecule has 0 heterocycles. The molecule has 0 saturated heterocycles. The molecule has 0 aromatic heterocycles. The third kappa shape index (κ3) is 2.38. The fourth-order valence-electron chi connectivity index (χ4n) is 2.00. The Hall–Kier alpha value is -1.24. The molecule has 0 atom stereocenters. The number of hydrogen-bond donors (Lipinski definition) is 1. The minimum absolute atomic E-state index is 0.813. The Balaban J connectivity index is 1.99. The van der Waals surface area contributed by atoms with E-state index in [2.05, 4.69) is 24.3 Å². The van der Waals surface area contributed by atoms with Gasteiger partial charge in [-0.25, -0.2) is 0 Å². The highest BCUT2D eigenvalue weighted by molar-refractivity contribution is 5.53. The maximum absolute atomic E-state index is 5.62. The van der Waals surface area contributed by atoms with E-state index in [4.69, 9.17) is 5.73 Å². The van der Waals surface area contributed by atoms with Gasteiger partial charge in [0.15, 0.2) is 0 Å². The molecule has 1 aromatic rings. The second-order valence-corrected chi connectivity index (χ2v) is 4.07. The second kappa shape index (κ2) is 4.32. The molecule has 1 aromatic carbocycles. The number of nitrogen functional groups attached to an aromatic ring is 1. The molecule has 2 rings (SSSR count). The van der Waals surface area contributed by atoms with Crippen LogP contribution in [0.1, 0.15) is 31.2 Å². The fraction of sp³-hybridized carbons (Fsp3) is 0.385. The molecule has 1 aliphatic carbocycles. The molecular weight excluding hydrogens is 170 g/mol. The molecule has 2 N–H and O–H groups in total. The van der Waals surface area contributed by atoms with Crippen molar-refractivity contribution in [2.75, 3.05) is 5.73 Å². The summed E-state index contributed by atoms with van der Waals surface area (Å²) < 4.78 is 0. The van der Waals surface area contributed by atoms with Crippen molar-refractivity contribution >= 4 is 11.8 Å². The van der Waals surface area contributed by atoms with Crippen LogP contribution in [0.5, 0.6) is 0 Å². The van der Waals surface area contributed by atoms with Crippen molar-refractivity contribution in [1.82, 2.24) is 0 Å². The molecule has 0 spiro atoms. The van der Waals surface area contributed by atoms with Gasteiger partial charge in [0.2, 0.25) is 0 Å². The molecule has 1 aliphatic rings. The van der Waals surface area contributed by atoms with Crippen molar-refractivity contribution < 1.29 is 0 Å². The molecule has 0 unspecified atom stereocenters. The van der Waals surface area contributed by atoms with Crippen LogP contribution < -0.4 is 5.73 Å². The number of anilines is 1. The van der Waals surface area contributed by atoms with Crippen LogP contribution in [-0.4, -0.2) is 0 Å². The molecule has 74 valence electrons. The van der Waals surface area contributed by atoms with Gasteiger partial charge in [0.25, 0.3) is 0 Å². The van der Waals surface area contributed by atoms with E-state index in [0.29, 0.717) is 0 Å². The van der Waals surface area contributed by atoms with Crippen LogP contribution in [0.25, 0.3) is 6.08 Å². The molecule has 0 bridgehead atoms. The molecule has 1 saturated carbocycles. The molecule has 0 amide bonds. The van der Waals surface area contributed by atoms with E-state index < -0.39 is 0 Å². The van der Waals surface area contributed by atoms with Gasteiger partial charge in [-0.15, -0.1) is 0 Å². The monoisotopic (exact) mass is 187 g/mol. The summed E-state index contributed by atoms with van der Waals surface area (Å²) in [6, 6.07) is 8.05. The minimum Gasteiger partial charge on any atom is -0.399 e. The number of hydrogen-bond acceptors (Lipinski definition) is 1. The van der Waals surface area contributed by atoms with Crippen LogP contribution in [0.4, 0.5) is 5.69 Å². The zero-order valence-corrected chi connectivity index (χ0v) is 8.45. The van der Waals surface area contributed by atoms with Crippen molar-refractivity contribution in [2.24, 2.45) is 5.92 Å².